The van der Waals surface area contributed by atoms with Crippen LogP contribution in [0.15, 0.2) is 18.2 Å². The summed E-state index contributed by atoms with van der Waals surface area (Å²) in [6.45, 7) is 1.95. The lowest BCUT2D eigenvalue weighted by molar-refractivity contribution is -0.140. The molecule has 0 N–H and O–H groups in total. The maximum absolute atomic E-state index is 11.2. The zero-order valence-electron chi connectivity index (χ0n) is 10.7. The number of carbonyl (C=O) groups excluding carboxylic acids is 1. The van der Waals surface area contributed by atoms with Crippen molar-refractivity contribution in [3.63, 3.8) is 0 Å². The van der Waals surface area contributed by atoms with E-state index in [1.54, 1.807) is 12.1 Å². The van der Waals surface area contributed by atoms with Crippen LogP contribution in [-0.2, 0) is 16.0 Å². The molecular weight excluding hydrogens is 285 g/mol. The van der Waals surface area contributed by atoms with Gasteiger partial charge in [-0.3, -0.25) is 9.78 Å². The van der Waals surface area contributed by atoms with Crippen LogP contribution >= 0.6 is 23.2 Å². The van der Waals surface area contributed by atoms with Gasteiger partial charge in [-0.2, -0.15) is 0 Å². The molecule has 19 heavy (non-hydrogen) atoms. The predicted octanol–water partition coefficient (Wildman–Crippen LogP) is 3.96. The van der Waals surface area contributed by atoms with Gasteiger partial charge in [0, 0.05) is 17.5 Å². The maximum atomic E-state index is 11.2. The van der Waals surface area contributed by atoms with Crippen molar-refractivity contribution < 1.29 is 9.53 Å². The van der Waals surface area contributed by atoms with E-state index in [2.05, 4.69) is 9.72 Å². The van der Waals surface area contributed by atoms with Crippen LogP contribution in [0.4, 0.5) is 0 Å². The Morgan fingerprint density at radius 2 is 2.00 bits per heavy atom. The molecule has 0 radical (unpaired) electrons. The third-order valence-corrected chi connectivity index (χ3v) is 3.54. The zero-order chi connectivity index (χ0) is 14.0. The van der Waals surface area contributed by atoms with Gasteiger partial charge in [-0.15, -0.1) is 0 Å². The molecule has 0 spiro atoms. The Hall–Kier alpha value is -1.32. The quantitative estimate of drug-likeness (QED) is 0.805. The van der Waals surface area contributed by atoms with Crippen molar-refractivity contribution in [2.75, 3.05) is 7.11 Å². The Labute approximate surface area is 121 Å². The third kappa shape index (κ3) is 2.99. The normalized spacial score (nSPS) is 10.7. The number of nitrogens with zero attached hydrogens (tertiary/aromatic N) is 1. The van der Waals surface area contributed by atoms with Crippen LogP contribution in [0.25, 0.3) is 10.9 Å². The van der Waals surface area contributed by atoms with Crippen molar-refractivity contribution in [3.05, 3.63) is 39.5 Å². The molecule has 0 atom stereocenters. The summed E-state index contributed by atoms with van der Waals surface area (Å²) in [4.78, 5) is 15.6. The first-order valence-electron chi connectivity index (χ1n) is 5.84. The van der Waals surface area contributed by atoms with Gasteiger partial charge in [-0.25, -0.2) is 0 Å². The Balaban J connectivity index is 2.44. The Bertz CT molecular complexity index is 641. The molecule has 1 aromatic carbocycles. The van der Waals surface area contributed by atoms with Crippen molar-refractivity contribution in [1.82, 2.24) is 4.98 Å². The first-order chi connectivity index (χ1) is 9.02. The van der Waals surface area contributed by atoms with Gasteiger partial charge in [0.1, 0.15) is 0 Å². The number of ether oxygens (including phenoxy) is 1. The lowest BCUT2D eigenvalue weighted by atomic mass is 10.1. The highest BCUT2D eigenvalue weighted by molar-refractivity contribution is 6.40. The number of hydrogen-bond donors (Lipinski definition) is 0. The van der Waals surface area contributed by atoms with Crippen LogP contribution in [0, 0.1) is 6.92 Å². The minimum absolute atomic E-state index is 0.253. The molecule has 0 aliphatic heterocycles. The molecule has 0 unspecified atom stereocenters. The summed E-state index contributed by atoms with van der Waals surface area (Å²) in [5.74, 6) is -0.253. The van der Waals surface area contributed by atoms with E-state index in [4.69, 9.17) is 23.2 Å². The molecule has 0 aliphatic carbocycles. The Morgan fingerprint density at radius 3 is 2.68 bits per heavy atom. The molecule has 1 heterocycles. The molecule has 100 valence electrons. The summed E-state index contributed by atoms with van der Waals surface area (Å²) >= 11 is 12.3. The highest BCUT2D eigenvalue weighted by Gasteiger charge is 2.11. The van der Waals surface area contributed by atoms with Crippen LogP contribution in [0.3, 0.4) is 0 Å². The van der Waals surface area contributed by atoms with E-state index in [1.165, 1.54) is 7.11 Å². The minimum atomic E-state index is -0.253. The average molecular weight is 298 g/mol. The number of aromatic nitrogens is 1. The Morgan fingerprint density at radius 1 is 1.32 bits per heavy atom. The molecule has 0 amide bonds. The summed E-state index contributed by atoms with van der Waals surface area (Å²) in [6.07, 6.45) is 0.818. The highest BCUT2D eigenvalue weighted by atomic mass is 35.5. The molecular formula is C14H13Cl2NO2. The molecule has 0 aliphatic rings. The second-order valence-electron chi connectivity index (χ2n) is 4.26. The highest BCUT2D eigenvalue weighted by Crippen LogP contribution is 2.31. The van der Waals surface area contributed by atoms with Crippen LogP contribution < -0.4 is 0 Å². The van der Waals surface area contributed by atoms with Crippen molar-refractivity contribution in [3.8, 4) is 0 Å². The lowest BCUT2D eigenvalue weighted by Gasteiger charge is -2.09. The van der Waals surface area contributed by atoms with Crippen LogP contribution in [0.1, 0.15) is 17.7 Å². The molecule has 1 aromatic heterocycles. The van der Waals surface area contributed by atoms with Crippen LogP contribution in [0.2, 0.25) is 10.0 Å². The van der Waals surface area contributed by atoms with Crippen molar-refractivity contribution in [1.29, 1.82) is 0 Å². The van der Waals surface area contributed by atoms with Gasteiger partial charge in [-0.05, 0) is 30.7 Å². The van der Waals surface area contributed by atoms with Crippen LogP contribution in [0.5, 0.6) is 0 Å². The fraction of sp³-hybridized carbons (Fsp3) is 0.286. The number of methoxy groups -OCH3 is 1. The maximum Gasteiger partial charge on any atom is 0.305 e. The van der Waals surface area contributed by atoms with E-state index < -0.39 is 0 Å². The van der Waals surface area contributed by atoms with E-state index >= 15 is 0 Å². The standard InChI is InChI=1S/C14H13Cl2NO2/c1-8-7-9(3-6-12(18)19-2)17-14-11(16)5-4-10(15)13(8)14/h4-5,7H,3,6H2,1-2H3. The van der Waals surface area contributed by atoms with Gasteiger partial charge in [-0.1, -0.05) is 23.2 Å². The SMILES string of the molecule is COC(=O)CCc1cc(C)c2c(Cl)ccc(Cl)c2n1. The average Bonchev–Trinajstić information content (AvgIpc) is 2.40. The number of aryl methyl sites for hydroxylation is 2. The topological polar surface area (TPSA) is 39.2 Å². The summed E-state index contributed by atoms with van der Waals surface area (Å²) in [6, 6.07) is 5.41. The molecule has 3 nitrogen and oxygen atoms in total. The van der Waals surface area contributed by atoms with Gasteiger partial charge >= 0.3 is 5.97 Å². The molecule has 2 rings (SSSR count). The smallest absolute Gasteiger partial charge is 0.305 e. The number of pyridine rings is 1. The summed E-state index contributed by atoms with van der Waals surface area (Å²) < 4.78 is 4.62. The fourth-order valence-corrected chi connectivity index (χ4v) is 2.49. The Kier molecular flexibility index (Phi) is 4.27. The van der Waals surface area contributed by atoms with Gasteiger partial charge in [0.2, 0.25) is 0 Å². The van der Waals surface area contributed by atoms with Gasteiger partial charge in [0.25, 0.3) is 0 Å². The van der Waals surface area contributed by atoms with E-state index in [9.17, 15) is 4.79 Å². The van der Waals surface area contributed by atoms with E-state index in [-0.39, 0.29) is 5.97 Å². The zero-order valence-corrected chi connectivity index (χ0v) is 12.2. The van der Waals surface area contributed by atoms with Crippen molar-refractivity contribution in [2.45, 2.75) is 19.8 Å². The van der Waals surface area contributed by atoms with E-state index in [0.29, 0.717) is 28.4 Å². The minimum Gasteiger partial charge on any atom is -0.469 e. The number of halogens is 2. The van der Waals surface area contributed by atoms with Crippen molar-refractivity contribution in [2.24, 2.45) is 0 Å². The van der Waals surface area contributed by atoms with Gasteiger partial charge in [0.15, 0.2) is 0 Å². The second kappa shape index (κ2) is 5.76. The molecule has 5 heteroatoms. The third-order valence-electron chi connectivity index (χ3n) is 2.92. The molecule has 0 bridgehead atoms. The van der Waals surface area contributed by atoms with Gasteiger partial charge < -0.3 is 4.74 Å². The summed E-state index contributed by atoms with van der Waals surface area (Å²) in [5, 5.41) is 2.04. The largest absolute Gasteiger partial charge is 0.469 e. The number of rotatable bonds is 3. The van der Waals surface area contributed by atoms with Crippen LogP contribution in [-0.4, -0.2) is 18.1 Å². The molecule has 2 aromatic rings. The summed E-state index contributed by atoms with van der Waals surface area (Å²) in [5.41, 5.74) is 2.48. The monoisotopic (exact) mass is 297 g/mol. The number of fused-ring (bicyclic) bond motifs is 1. The second-order valence-corrected chi connectivity index (χ2v) is 5.07. The number of hydrogen-bond acceptors (Lipinski definition) is 3. The number of benzene rings is 1. The molecule has 0 saturated heterocycles. The first kappa shape index (κ1) is 14.1. The number of carbonyl (C=O) groups is 1. The molecule has 0 saturated carbocycles. The van der Waals surface area contributed by atoms with E-state index in [1.807, 2.05) is 13.0 Å². The number of esters is 1. The van der Waals surface area contributed by atoms with Gasteiger partial charge in [0.05, 0.1) is 29.1 Å². The predicted molar refractivity (Wildman–Crippen MR) is 76.8 cm³/mol. The summed E-state index contributed by atoms with van der Waals surface area (Å²) in [7, 11) is 1.37. The lowest BCUT2D eigenvalue weighted by Crippen LogP contribution is -2.03. The fourth-order valence-electron chi connectivity index (χ4n) is 1.98. The van der Waals surface area contributed by atoms with E-state index in [0.717, 1.165) is 16.6 Å². The van der Waals surface area contributed by atoms with Crippen molar-refractivity contribution >= 4 is 40.1 Å². The first-order valence-corrected chi connectivity index (χ1v) is 6.59. The molecule has 0 fully saturated rings.